The Bertz CT molecular complexity index is 533. The third kappa shape index (κ3) is 6.94. The summed E-state index contributed by atoms with van der Waals surface area (Å²) in [6, 6.07) is 5.91. The number of benzene rings is 1. The molecular formula is C14H18ClN3O4. The summed E-state index contributed by atoms with van der Waals surface area (Å²) in [5, 5.41) is 5.52. The molecule has 1 rings (SSSR count). The molecule has 0 saturated heterocycles. The molecule has 8 heteroatoms. The first-order valence-electron chi connectivity index (χ1n) is 6.67. The van der Waals surface area contributed by atoms with Crippen LogP contribution in [-0.4, -0.2) is 30.6 Å². The van der Waals surface area contributed by atoms with Gasteiger partial charge in [0.2, 0.25) is 0 Å². The van der Waals surface area contributed by atoms with Gasteiger partial charge in [0.1, 0.15) is 0 Å². The smallest absolute Gasteiger partial charge is 0.312 e. The number of urea groups is 1. The topological polar surface area (TPSA) is 111 Å². The maximum Gasteiger partial charge on any atom is 0.312 e. The molecule has 0 spiro atoms. The fourth-order valence-electron chi connectivity index (χ4n) is 1.53. The van der Waals surface area contributed by atoms with Gasteiger partial charge in [0.15, 0.2) is 6.10 Å². The fraction of sp³-hybridized carbons (Fsp3) is 0.357. The lowest BCUT2D eigenvalue weighted by molar-refractivity contribution is -0.153. The highest BCUT2D eigenvalue weighted by molar-refractivity contribution is 6.30. The third-order valence-corrected chi connectivity index (χ3v) is 2.90. The number of nitrogens with two attached hydrogens (primary N) is 1. The lowest BCUT2D eigenvalue weighted by atomic mass is 10.3. The van der Waals surface area contributed by atoms with Gasteiger partial charge in [0.25, 0.3) is 5.91 Å². The molecule has 0 aromatic heterocycles. The Morgan fingerprint density at radius 3 is 2.50 bits per heavy atom. The summed E-state index contributed by atoms with van der Waals surface area (Å²) >= 11 is 5.74. The molecule has 1 atom stereocenters. The molecule has 0 bridgehead atoms. The van der Waals surface area contributed by atoms with E-state index in [0.29, 0.717) is 17.1 Å². The highest BCUT2D eigenvalue weighted by atomic mass is 35.5. The molecule has 3 amide bonds. The van der Waals surface area contributed by atoms with Gasteiger partial charge < -0.3 is 21.1 Å². The zero-order valence-electron chi connectivity index (χ0n) is 12.1. The van der Waals surface area contributed by atoms with Crippen molar-refractivity contribution < 1.29 is 19.1 Å². The molecule has 7 nitrogen and oxygen atoms in total. The van der Waals surface area contributed by atoms with Crippen molar-refractivity contribution in [1.29, 1.82) is 0 Å². The maximum absolute atomic E-state index is 11.9. The second kappa shape index (κ2) is 8.89. The van der Waals surface area contributed by atoms with Crippen LogP contribution in [0.3, 0.4) is 0 Å². The predicted octanol–water partition coefficient (Wildman–Crippen LogP) is 1.66. The molecule has 0 radical (unpaired) electrons. The second-order valence-corrected chi connectivity index (χ2v) is 4.96. The minimum Gasteiger partial charge on any atom is -0.453 e. The van der Waals surface area contributed by atoms with Crippen LogP contribution < -0.4 is 16.4 Å². The molecule has 0 saturated carbocycles. The summed E-state index contributed by atoms with van der Waals surface area (Å²) < 4.78 is 4.99. The third-order valence-electron chi connectivity index (χ3n) is 2.65. The molecule has 22 heavy (non-hydrogen) atoms. The predicted molar refractivity (Wildman–Crippen MR) is 82.5 cm³/mol. The number of hydrogen-bond acceptors (Lipinski definition) is 4. The number of rotatable bonds is 7. The summed E-state index contributed by atoms with van der Waals surface area (Å²) in [4.78, 5) is 33.8. The molecule has 0 aliphatic rings. The van der Waals surface area contributed by atoms with Crippen molar-refractivity contribution in [1.82, 2.24) is 5.32 Å². The molecule has 4 N–H and O–H groups in total. The molecule has 0 fully saturated rings. The summed E-state index contributed by atoms with van der Waals surface area (Å²) in [5.74, 6) is -0.962. The Hall–Kier alpha value is -2.28. The van der Waals surface area contributed by atoms with E-state index >= 15 is 0 Å². The van der Waals surface area contributed by atoms with E-state index in [2.05, 4.69) is 10.6 Å². The number of anilines is 1. The number of ether oxygens (including phenoxy) is 1. The van der Waals surface area contributed by atoms with Crippen LogP contribution in [0.1, 0.15) is 19.8 Å². The maximum atomic E-state index is 11.9. The Morgan fingerprint density at radius 2 is 1.91 bits per heavy atom. The van der Waals surface area contributed by atoms with Gasteiger partial charge in [-0.15, -0.1) is 0 Å². The number of primary amides is 1. The van der Waals surface area contributed by atoms with E-state index in [0.717, 1.165) is 0 Å². The van der Waals surface area contributed by atoms with Crippen LogP contribution in [0, 0.1) is 0 Å². The summed E-state index contributed by atoms with van der Waals surface area (Å²) in [6.07, 6.45) is -0.459. The first-order chi connectivity index (χ1) is 10.4. The first kappa shape index (κ1) is 17.8. The van der Waals surface area contributed by atoms with E-state index in [1.54, 1.807) is 24.3 Å². The Labute approximate surface area is 133 Å². The van der Waals surface area contributed by atoms with Crippen molar-refractivity contribution in [2.45, 2.75) is 25.9 Å². The van der Waals surface area contributed by atoms with Gasteiger partial charge in [0.05, 0.1) is 0 Å². The van der Waals surface area contributed by atoms with Gasteiger partial charge in [-0.3, -0.25) is 9.59 Å². The monoisotopic (exact) mass is 327 g/mol. The molecule has 0 heterocycles. The molecule has 0 aliphatic heterocycles. The van der Waals surface area contributed by atoms with Crippen molar-refractivity contribution in [3.05, 3.63) is 29.3 Å². The van der Waals surface area contributed by atoms with Gasteiger partial charge in [-0.1, -0.05) is 11.6 Å². The standard InChI is InChI=1S/C14H18ClN3O4/c1-9(22-12(19)3-2-8-17-14(16)21)13(20)18-11-6-4-10(15)5-7-11/h4-7,9H,2-3,8H2,1H3,(H,18,20)(H3,16,17,21). The van der Waals surface area contributed by atoms with E-state index in [1.807, 2.05) is 0 Å². The lowest BCUT2D eigenvalue weighted by Crippen LogP contribution is -2.31. The number of halogens is 1. The van der Waals surface area contributed by atoms with Gasteiger partial charge in [0, 0.05) is 23.7 Å². The number of esters is 1. The van der Waals surface area contributed by atoms with Crippen LogP contribution in [0.15, 0.2) is 24.3 Å². The summed E-state index contributed by atoms with van der Waals surface area (Å²) in [7, 11) is 0. The fourth-order valence-corrected chi connectivity index (χ4v) is 1.66. The number of carbonyl (C=O) groups is 3. The zero-order valence-corrected chi connectivity index (χ0v) is 12.9. The average Bonchev–Trinajstić information content (AvgIpc) is 2.45. The van der Waals surface area contributed by atoms with Crippen LogP contribution in [0.4, 0.5) is 10.5 Å². The molecular weight excluding hydrogens is 310 g/mol. The van der Waals surface area contributed by atoms with Crippen LogP contribution in [-0.2, 0) is 14.3 Å². The molecule has 120 valence electrons. The highest BCUT2D eigenvalue weighted by Gasteiger charge is 2.17. The van der Waals surface area contributed by atoms with Crippen molar-refractivity contribution in [3.8, 4) is 0 Å². The quantitative estimate of drug-likeness (QED) is 0.522. The summed E-state index contributed by atoms with van der Waals surface area (Å²) in [6.45, 7) is 1.75. The number of nitrogens with one attached hydrogen (secondary N) is 2. The molecule has 1 aromatic rings. The van der Waals surface area contributed by atoms with Crippen LogP contribution >= 0.6 is 11.6 Å². The lowest BCUT2D eigenvalue weighted by Gasteiger charge is -2.13. The van der Waals surface area contributed by atoms with Gasteiger partial charge in [-0.2, -0.15) is 0 Å². The van der Waals surface area contributed by atoms with Gasteiger partial charge >= 0.3 is 12.0 Å². The highest BCUT2D eigenvalue weighted by Crippen LogP contribution is 2.14. The van der Waals surface area contributed by atoms with E-state index in [4.69, 9.17) is 22.1 Å². The second-order valence-electron chi connectivity index (χ2n) is 4.52. The van der Waals surface area contributed by atoms with Crippen molar-refractivity contribution in [2.75, 3.05) is 11.9 Å². The van der Waals surface area contributed by atoms with Crippen LogP contribution in [0.2, 0.25) is 5.02 Å². The van der Waals surface area contributed by atoms with Crippen LogP contribution in [0.5, 0.6) is 0 Å². The first-order valence-corrected chi connectivity index (χ1v) is 7.05. The number of carbonyl (C=O) groups excluding carboxylic acids is 3. The van der Waals surface area contributed by atoms with E-state index in [-0.39, 0.29) is 13.0 Å². The minimum atomic E-state index is -0.924. The van der Waals surface area contributed by atoms with Gasteiger partial charge in [-0.25, -0.2) is 4.79 Å². The molecule has 0 aliphatic carbocycles. The van der Waals surface area contributed by atoms with Crippen molar-refractivity contribution in [3.63, 3.8) is 0 Å². The zero-order chi connectivity index (χ0) is 16.5. The van der Waals surface area contributed by atoms with Crippen molar-refractivity contribution in [2.24, 2.45) is 5.73 Å². The van der Waals surface area contributed by atoms with Crippen LogP contribution in [0.25, 0.3) is 0 Å². The van der Waals surface area contributed by atoms with E-state index < -0.39 is 24.0 Å². The normalized spacial score (nSPS) is 11.4. The van der Waals surface area contributed by atoms with E-state index in [1.165, 1.54) is 6.92 Å². The Balaban J connectivity index is 2.32. The number of amides is 3. The number of hydrogen-bond donors (Lipinski definition) is 3. The van der Waals surface area contributed by atoms with Gasteiger partial charge in [-0.05, 0) is 37.6 Å². The SMILES string of the molecule is CC(OC(=O)CCCNC(N)=O)C(=O)Nc1ccc(Cl)cc1. The summed E-state index contributed by atoms with van der Waals surface area (Å²) in [5.41, 5.74) is 5.44. The van der Waals surface area contributed by atoms with E-state index in [9.17, 15) is 14.4 Å². The Morgan fingerprint density at radius 1 is 1.27 bits per heavy atom. The molecule has 1 unspecified atom stereocenters. The van der Waals surface area contributed by atoms with Crippen molar-refractivity contribution >= 4 is 35.2 Å². The Kier molecular flexibility index (Phi) is 7.18. The largest absolute Gasteiger partial charge is 0.453 e. The minimum absolute atomic E-state index is 0.0822. The average molecular weight is 328 g/mol. The molecule has 1 aromatic carbocycles.